The van der Waals surface area contributed by atoms with Gasteiger partial charge in [0, 0.05) is 31.5 Å². The second-order valence-corrected chi connectivity index (χ2v) is 10.9. The molecule has 2 aliphatic rings. The molecule has 0 amide bonds. The number of Topliss-reactive ketones (excluding diaryl/α,β-unsaturated/α-hetero) is 1. The lowest BCUT2D eigenvalue weighted by molar-refractivity contribution is 0.0776. The van der Waals surface area contributed by atoms with Crippen LogP contribution in [0.4, 0.5) is 4.39 Å². The van der Waals surface area contributed by atoms with Crippen LogP contribution >= 0.6 is 11.9 Å². The second-order valence-electron chi connectivity index (χ2n) is 9.69. The molecular weight excluding hydrogens is 489 g/mol. The van der Waals surface area contributed by atoms with E-state index in [2.05, 4.69) is 20.5 Å². The number of hydrogen-bond donors (Lipinski definition) is 2. The number of benzene rings is 1. The van der Waals surface area contributed by atoms with Crippen LogP contribution in [0.5, 0.6) is 0 Å². The van der Waals surface area contributed by atoms with Crippen LogP contribution in [-0.4, -0.2) is 49.0 Å². The van der Waals surface area contributed by atoms with E-state index in [1.807, 2.05) is 19.9 Å². The van der Waals surface area contributed by atoms with Crippen LogP contribution in [-0.2, 0) is 6.42 Å². The molecule has 1 saturated heterocycles. The minimum atomic E-state index is -0.802. The Morgan fingerprint density at radius 1 is 1.24 bits per heavy atom. The standard InChI is InChI=1S/C27H30FN7OS/c1-18(2)34(30)16-25(29)37-33-12-10-20-13-24-19(15-32-35(24)22-8-6-21(28)7-9-22)14-27(20,17-33)26(36)23-5-3-4-11-31-23/h3-9,11,13,15-16,18H,10,12,14,17,29-30H2,1-2H3/b25-16+. The predicted octanol–water partition coefficient (Wildman–Crippen LogP) is 3.91. The summed E-state index contributed by atoms with van der Waals surface area (Å²) in [7, 11) is 0. The van der Waals surface area contributed by atoms with Crippen LogP contribution in [0.3, 0.4) is 0 Å². The summed E-state index contributed by atoms with van der Waals surface area (Å²) in [6.45, 7) is 5.16. The number of aromatic nitrogens is 3. The third-order valence-corrected chi connectivity index (χ3v) is 7.78. The lowest BCUT2D eigenvalue weighted by atomic mass is 9.65. The lowest BCUT2D eigenvalue weighted by Crippen LogP contribution is -2.50. The summed E-state index contributed by atoms with van der Waals surface area (Å²) >= 11 is 1.41. The largest absolute Gasteiger partial charge is 0.391 e. The van der Waals surface area contributed by atoms with Crippen molar-refractivity contribution in [3.63, 3.8) is 0 Å². The van der Waals surface area contributed by atoms with Gasteiger partial charge in [0.2, 0.25) is 0 Å². The van der Waals surface area contributed by atoms with E-state index in [1.165, 1.54) is 24.1 Å². The van der Waals surface area contributed by atoms with Crippen LogP contribution in [0.1, 0.15) is 42.0 Å². The molecule has 1 aliphatic heterocycles. The molecule has 0 saturated carbocycles. The number of carbonyl (C=O) groups is 1. The maximum atomic E-state index is 14.1. The molecule has 0 bridgehead atoms. The zero-order valence-corrected chi connectivity index (χ0v) is 21.7. The van der Waals surface area contributed by atoms with Crippen molar-refractivity contribution < 1.29 is 9.18 Å². The molecule has 37 heavy (non-hydrogen) atoms. The molecule has 1 unspecified atom stereocenters. The Kier molecular flexibility index (Phi) is 6.89. The summed E-state index contributed by atoms with van der Waals surface area (Å²) in [4.78, 5) is 18.5. The van der Waals surface area contributed by atoms with Crippen molar-refractivity contribution in [3.8, 4) is 5.69 Å². The van der Waals surface area contributed by atoms with Gasteiger partial charge in [-0.2, -0.15) is 5.10 Å². The molecule has 1 atom stereocenters. The fourth-order valence-corrected chi connectivity index (χ4v) is 5.83. The maximum Gasteiger partial charge on any atom is 0.192 e. The Hall–Kier alpha value is -3.47. The number of ketones is 1. The van der Waals surface area contributed by atoms with E-state index < -0.39 is 5.41 Å². The van der Waals surface area contributed by atoms with Crippen molar-refractivity contribution in [3.05, 3.63) is 94.4 Å². The Morgan fingerprint density at radius 2 is 2.03 bits per heavy atom. The van der Waals surface area contributed by atoms with Gasteiger partial charge in [-0.3, -0.25) is 9.78 Å². The van der Waals surface area contributed by atoms with Crippen LogP contribution in [0, 0.1) is 11.2 Å². The zero-order chi connectivity index (χ0) is 26.2. The van der Waals surface area contributed by atoms with Crippen molar-refractivity contribution in [1.82, 2.24) is 24.1 Å². The summed E-state index contributed by atoms with van der Waals surface area (Å²) in [6, 6.07) is 11.8. The molecule has 1 fully saturated rings. The first-order valence-corrected chi connectivity index (χ1v) is 13.0. The molecule has 8 nitrogen and oxygen atoms in total. The Balaban J connectivity index is 1.51. The highest BCUT2D eigenvalue weighted by Crippen LogP contribution is 2.47. The van der Waals surface area contributed by atoms with Crippen molar-refractivity contribution in [2.24, 2.45) is 17.0 Å². The topological polar surface area (TPSA) is 106 Å². The van der Waals surface area contributed by atoms with Gasteiger partial charge in [-0.25, -0.2) is 19.2 Å². The van der Waals surface area contributed by atoms with E-state index in [-0.39, 0.29) is 17.6 Å². The van der Waals surface area contributed by atoms with Gasteiger partial charge in [0.25, 0.3) is 0 Å². The third-order valence-electron chi connectivity index (χ3n) is 6.89. The first-order valence-electron chi connectivity index (χ1n) is 12.2. The Bertz CT molecular complexity index is 1350. The number of rotatable bonds is 7. The number of nitrogens with two attached hydrogens (primary N) is 2. The summed E-state index contributed by atoms with van der Waals surface area (Å²) in [5.41, 5.74) is 9.63. The van der Waals surface area contributed by atoms with E-state index in [9.17, 15) is 9.18 Å². The van der Waals surface area contributed by atoms with Gasteiger partial charge < -0.3 is 10.7 Å². The van der Waals surface area contributed by atoms with Gasteiger partial charge in [-0.15, -0.1) is 0 Å². The van der Waals surface area contributed by atoms with Gasteiger partial charge in [-0.05, 0) is 86.7 Å². The quantitative estimate of drug-likeness (QED) is 0.209. The number of nitrogens with zero attached hydrogens (tertiary/aromatic N) is 5. The van der Waals surface area contributed by atoms with E-state index in [0.29, 0.717) is 36.7 Å². The average Bonchev–Trinajstić information content (AvgIpc) is 3.29. The van der Waals surface area contributed by atoms with Gasteiger partial charge in [0.05, 0.1) is 28.0 Å². The van der Waals surface area contributed by atoms with Gasteiger partial charge in [-0.1, -0.05) is 11.6 Å². The summed E-state index contributed by atoms with van der Waals surface area (Å²) in [6.07, 6.45) is 8.42. The minimum absolute atomic E-state index is 0.0185. The van der Waals surface area contributed by atoms with Crippen molar-refractivity contribution in [2.45, 2.75) is 32.7 Å². The molecule has 0 spiro atoms. The van der Waals surface area contributed by atoms with Crippen molar-refractivity contribution in [2.75, 3.05) is 13.1 Å². The van der Waals surface area contributed by atoms with Crippen molar-refractivity contribution >= 4 is 23.8 Å². The smallest absolute Gasteiger partial charge is 0.192 e. The fourth-order valence-electron chi connectivity index (χ4n) is 4.89. The number of piperidine rings is 1. The molecule has 10 heteroatoms. The van der Waals surface area contributed by atoms with Gasteiger partial charge >= 0.3 is 0 Å². The van der Waals surface area contributed by atoms with Gasteiger partial charge in [0.15, 0.2) is 5.78 Å². The van der Waals surface area contributed by atoms with Crippen LogP contribution in [0.15, 0.2) is 71.7 Å². The fraction of sp³-hybridized carbons (Fsp3) is 0.296. The first kappa shape index (κ1) is 25.2. The van der Waals surface area contributed by atoms with Crippen LogP contribution in [0.25, 0.3) is 11.8 Å². The van der Waals surface area contributed by atoms with Crippen LogP contribution < -0.4 is 11.6 Å². The highest BCUT2D eigenvalue weighted by molar-refractivity contribution is 8.00. The molecule has 2 aromatic heterocycles. The molecule has 5 rings (SSSR count). The third kappa shape index (κ3) is 4.92. The molecule has 1 aromatic carbocycles. The van der Waals surface area contributed by atoms with Crippen LogP contribution in [0.2, 0.25) is 0 Å². The predicted molar refractivity (Wildman–Crippen MR) is 143 cm³/mol. The van der Waals surface area contributed by atoms with Crippen molar-refractivity contribution in [1.29, 1.82) is 0 Å². The molecular formula is C27H30FN7OS. The summed E-state index contributed by atoms with van der Waals surface area (Å²) in [5.74, 6) is 5.72. The average molecular weight is 520 g/mol. The summed E-state index contributed by atoms with van der Waals surface area (Å²) < 4.78 is 17.4. The molecule has 192 valence electrons. The zero-order valence-electron chi connectivity index (χ0n) is 20.8. The highest BCUT2D eigenvalue weighted by atomic mass is 32.2. The number of hydrazine groups is 1. The molecule has 3 aromatic rings. The number of halogens is 1. The number of hydrogen-bond acceptors (Lipinski definition) is 8. The number of fused-ring (bicyclic) bond motifs is 2. The number of carbonyl (C=O) groups excluding carboxylic acids is 1. The van der Waals surface area contributed by atoms with E-state index in [0.717, 1.165) is 22.5 Å². The van der Waals surface area contributed by atoms with E-state index >= 15 is 0 Å². The molecule has 3 heterocycles. The Morgan fingerprint density at radius 3 is 2.73 bits per heavy atom. The maximum absolute atomic E-state index is 14.1. The monoisotopic (exact) mass is 519 g/mol. The molecule has 0 radical (unpaired) electrons. The minimum Gasteiger partial charge on any atom is -0.391 e. The highest BCUT2D eigenvalue weighted by Gasteiger charge is 2.49. The van der Waals surface area contributed by atoms with Gasteiger partial charge in [0.1, 0.15) is 11.5 Å². The first-order chi connectivity index (χ1) is 17.8. The number of pyridine rings is 1. The Labute approximate surface area is 219 Å². The second kappa shape index (κ2) is 10.1. The van der Waals surface area contributed by atoms with E-state index in [4.69, 9.17) is 11.6 Å². The molecule has 4 N–H and O–H groups in total. The normalized spacial score (nSPS) is 19.8. The van der Waals surface area contributed by atoms with E-state index in [1.54, 1.807) is 52.5 Å². The summed E-state index contributed by atoms with van der Waals surface area (Å²) in [5, 5.41) is 6.72. The molecule has 1 aliphatic carbocycles. The lowest BCUT2D eigenvalue weighted by Gasteiger charge is -2.44. The SMILES string of the molecule is CC(C)N(N)/C=C(\N)SN1CCC2=Cc3c(cnn3-c3ccc(F)cc3)CC2(C(=O)c2ccccn2)C1.